The Hall–Kier alpha value is -1.95. The van der Waals surface area contributed by atoms with Gasteiger partial charge in [-0.05, 0) is 12.1 Å². The minimum absolute atomic E-state index is 0.263. The van der Waals surface area contributed by atoms with Crippen LogP contribution in [0.25, 0.3) is 0 Å². The summed E-state index contributed by atoms with van der Waals surface area (Å²) in [6.07, 6.45) is 3.50. The van der Waals surface area contributed by atoms with Crippen molar-refractivity contribution in [2.24, 2.45) is 12.8 Å². The lowest BCUT2D eigenvalue weighted by atomic mass is 10.3. The predicted octanol–water partition coefficient (Wildman–Crippen LogP) is 1.19. The third kappa shape index (κ3) is 2.17. The first-order valence-corrected chi connectivity index (χ1v) is 5.09. The molecular weight excluding hydrogens is 222 g/mol. The highest BCUT2D eigenvalue weighted by Crippen LogP contribution is 2.17. The third-order valence-corrected chi connectivity index (χ3v) is 2.21. The molecule has 0 radical (unpaired) electrons. The zero-order valence-corrected chi connectivity index (χ0v) is 9.53. The van der Waals surface area contributed by atoms with Crippen LogP contribution in [-0.2, 0) is 7.05 Å². The average molecular weight is 233 g/mol. The summed E-state index contributed by atoms with van der Waals surface area (Å²) in [4.78, 5) is 4.38. The molecule has 0 atom stereocenters. The molecule has 3 N–H and O–H groups in total. The molecule has 0 aromatic carbocycles. The molecule has 0 aliphatic heterocycles. The molecular formula is C10H11N5S. The van der Waals surface area contributed by atoms with E-state index in [4.69, 9.17) is 18.0 Å². The molecule has 82 valence electrons. The summed E-state index contributed by atoms with van der Waals surface area (Å²) >= 11 is 4.92. The SMILES string of the molecule is Cn1ccc(Nc2cccnc2C(N)=S)n1. The maximum Gasteiger partial charge on any atom is 0.152 e. The highest BCUT2D eigenvalue weighted by molar-refractivity contribution is 7.80. The predicted molar refractivity (Wildman–Crippen MR) is 66.6 cm³/mol. The molecule has 0 saturated heterocycles. The third-order valence-electron chi connectivity index (χ3n) is 2.02. The number of hydrogen-bond acceptors (Lipinski definition) is 4. The van der Waals surface area contributed by atoms with Crippen LogP contribution < -0.4 is 11.1 Å². The lowest BCUT2D eigenvalue weighted by Crippen LogP contribution is -2.13. The van der Waals surface area contributed by atoms with Crippen molar-refractivity contribution < 1.29 is 0 Å². The van der Waals surface area contributed by atoms with E-state index in [-0.39, 0.29) is 4.99 Å². The number of nitrogens with two attached hydrogens (primary N) is 1. The highest BCUT2D eigenvalue weighted by Gasteiger charge is 2.06. The molecule has 0 amide bonds. The number of hydrogen-bond donors (Lipinski definition) is 2. The van der Waals surface area contributed by atoms with Crippen molar-refractivity contribution in [2.75, 3.05) is 5.32 Å². The molecule has 2 aromatic rings. The fourth-order valence-corrected chi connectivity index (χ4v) is 1.48. The number of aryl methyl sites for hydroxylation is 1. The van der Waals surface area contributed by atoms with Crippen molar-refractivity contribution in [3.05, 3.63) is 36.3 Å². The van der Waals surface area contributed by atoms with E-state index in [0.29, 0.717) is 5.69 Å². The van der Waals surface area contributed by atoms with Crippen LogP contribution in [0, 0.1) is 0 Å². The van der Waals surface area contributed by atoms with Gasteiger partial charge in [-0.2, -0.15) is 5.10 Å². The van der Waals surface area contributed by atoms with Crippen LogP contribution in [-0.4, -0.2) is 19.8 Å². The van der Waals surface area contributed by atoms with Crippen LogP contribution in [0.1, 0.15) is 5.69 Å². The van der Waals surface area contributed by atoms with Gasteiger partial charge < -0.3 is 11.1 Å². The van der Waals surface area contributed by atoms with Gasteiger partial charge in [-0.3, -0.25) is 9.67 Å². The molecule has 0 aliphatic rings. The lowest BCUT2D eigenvalue weighted by molar-refractivity contribution is 0.771. The van der Waals surface area contributed by atoms with Crippen molar-refractivity contribution >= 4 is 28.7 Å². The first-order chi connectivity index (χ1) is 7.66. The van der Waals surface area contributed by atoms with E-state index < -0.39 is 0 Å². The summed E-state index contributed by atoms with van der Waals surface area (Å²) < 4.78 is 1.71. The van der Waals surface area contributed by atoms with E-state index in [1.807, 2.05) is 31.4 Å². The van der Waals surface area contributed by atoms with Crippen LogP contribution in [0.15, 0.2) is 30.6 Å². The summed E-state index contributed by atoms with van der Waals surface area (Å²) in [5, 5.41) is 7.31. The number of nitrogens with zero attached hydrogens (tertiary/aromatic N) is 3. The fraction of sp³-hybridized carbons (Fsp3) is 0.100. The van der Waals surface area contributed by atoms with Crippen molar-refractivity contribution in [2.45, 2.75) is 0 Å². The number of nitrogens with one attached hydrogen (secondary N) is 1. The number of rotatable bonds is 3. The molecule has 5 nitrogen and oxygen atoms in total. The Balaban J connectivity index is 2.31. The van der Waals surface area contributed by atoms with Crippen LogP contribution in [0.4, 0.5) is 11.5 Å². The van der Waals surface area contributed by atoms with E-state index in [2.05, 4.69) is 15.4 Å². The molecule has 2 heterocycles. The second kappa shape index (κ2) is 4.28. The number of aromatic nitrogens is 3. The van der Waals surface area contributed by atoms with Crippen molar-refractivity contribution in [1.29, 1.82) is 0 Å². The Morgan fingerprint density at radius 1 is 1.50 bits per heavy atom. The molecule has 0 aliphatic carbocycles. The smallest absolute Gasteiger partial charge is 0.152 e. The normalized spacial score (nSPS) is 10.1. The van der Waals surface area contributed by atoms with Gasteiger partial charge in [0.25, 0.3) is 0 Å². The number of anilines is 2. The van der Waals surface area contributed by atoms with E-state index in [1.54, 1.807) is 10.9 Å². The molecule has 0 bridgehead atoms. The Bertz CT molecular complexity index is 519. The molecule has 0 saturated carbocycles. The van der Waals surface area contributed by atoms with Crippen LogP contribution in [0.3, 0.4) is 0 Å². The van der Waals surface area contributed by atoms with Crippen LogP contribution in [0.2, 0.25) is 0 Å². The zero-order valence-electron chi connectivity index (χ0n) is 8.71. The van der Waals surface area contributed by atoms with Gasteiger partial charge >= 0.3 is 0 Å². The molecule has 0 unspecified atom stereocenters. The molecule has 2 rings (SSSR count). The van der Waals surface area contributed by atoms with Gasteiger partial charge in [0.1, 0.15) is 10.7 Å². The molecule has 16 heavy (non-hydrogen) atoms. The van der Waals surface area contributed by atoms with E-state index in [1.165, 1.54) is 0 Å². The number of pyridine rings is 1. The first-order valence-electron chi connectivity index (χ1n) is 4.68. The lowest BCUT2D eigenvalue weighted by Gasteiger charge is -2.07. The van der Waals surface area contributed by atoms with E-state index in [9.17, 15) is 0 Å². The number of thiocarbonyl (C=S) groups is 1. The zero-order chi connectivity index (χ0) is 11.5. The van der Waals surface area contributed by atoms with Crippen LogP contribution in [0.5, 0.6) is 0 Å². The van der Waals surface area contributed by atoms with Gasteiger partial charge in [0, 0.05) is 25.5 Å². The minimum atomic E-state index is 0.263. The standard InChI is InChI=1S/C10H11N5S/c1-15-6-4-8(14-15)13-7-3-2-5-12-9(7)10(11)16/h2-6H,1H3,(H2,11,16)(H,13,14). The quantitative estimate of drug-likeness (QED) is 0.779. The first kappa shape index (κ1) is 10.6. The topological polar surface area (TPSA) is 68.8 Å². The van der Waals surface area contributed by atoms with Gasteiger partial charge in [-0.15, -0.1) is 0 Å². The highest BCUT2D eigenvalue weighted by atomic mass is 32.1. The fourth-order valence-electron chi connectivity index (χ4n) is 1.32. The maximum absolute atomic E-state index is 5.58. The van der Waals surface area contributed by atoms with Gasteiger partial charge in [-0.1, -0.05) is 12.2 Å². The van der Waals surface area contributed by atoms with Crippen molar-refractivity contribution in [3.63, 3.8) is 0 Å². The summed E-state index contributed by atoms with van der Waals surface area (Å²) in [6, 6.07) is 5.53. The summed E-state index contributed by atoms with van der Waals surface area (Å²) in [5.41, 5.74) is 6.91. The Morgan fingerprint density at radius 2 is 2.31 bits per heavy atom. The summed E-state index contributed by atoms with van der Waals surface area (Å²) in [5.74, 6) is 0.730. The van der Waals surface area contributed by atoms with Gasteiger partial charge in [0.15, 0.2) is 5.82 Å². The minimum Gasteiger partial charge on any atom is -0.388 e. The average Bonchev–Trinajstić information content (AvgIpc) is 2.64. The molecule has 2 aromatic heterocycles. The van der Waals surface area contributed by atoms with Crippen LogP contribution >= 0.6 is 12.2 Å². The Kier molecular flexibility index (Phi) is 2.82. The van der Waals surface area contributed by atoms with Crippen molar-refractivity contribution in [1.82, 2.24) is 14.8 Å². The van der Waals surface area contributed by atoms with E-state index in [0.717, 1.165) is 11.5 Å². The van der Waals surface area contributed by atoms with Gasteiger partial charge in [-0.25, -0.2) is 0 Å². The summed E-state index contributed by atoms with van der Waals surface area (Å²) in [6.45, 7) is 0. The molecule has 0 fully saturated rings. The Labute approximate surface area is 98.3 Å². The second-order valence-corrected chi connectivity index (χ2v) is 3.70. The van der Waals surface area contributed by atoms with Gasteiger partial charge in [0.2, 0.25) is 0 Å². The van der Waals surface area contributed by atoms with E-state index >= 15 is 0 Å². The van der Waals surface area contributed by atoms with Gasteiger partial charge in [0.05, 0.1) is 5.69 Å². The largest absolute Gasteiger partial charge is 0.388 e. The molecule has 0 spiro atoms. The second-order valence-electron chi connectivity index (χ2n) is 3.26. The Morgan fingerprint density at radius 3 is 2.94 bits per heavy atom. The molecule has 6 heteroatoms. The summed E-state index contributed by atoms with van der Waals surface area (Å²) in [7, 11) is 1.85. The maximum atomic E-state index is 5.58. The van der Waals surface area contributed by atoms with Crippen molar-refractivity contribution in [3.8, 4) is 0 Å². The monoisotopic (exact) mass is 233 g/mol.